The molecular weight excluding hydrogens is 497 g/mol. The summed E-state index contributed by atoms with van der Waals surface area (Å²) in [6.07, 6.45) is 0.740. The molecule has 8 heteroatoms. The van der Waals surface area contributed by atoms with Gasteiger partial charge in [-0.2, -0.15) is 0 Å². The quantitative estimate of drug-likeness (QED) is 0.185. The Morgan fingerprint density at radius 1 is 1.08 bits per heavy atom. The molecule has 2 rings (SSSR count). The minimum atomic E-state index is -2.23. The number of carbonyl (C=O) groups is 1. The molecule has 1 unspecified atom stereocenters. The van der Waals surface area contributed by atoms with Crippen molar-refractivity contribution in [3.63, 3.8) is 0 Å². The van der Waals surface area contributed by atoms with Gasteiger partial charge in [0.2, 0.25) is 0 Å². The van der Waals surface area contributed by atoms with Gasteiger partial charge in [-0.25, -0.2) is 0 Å². The van der Waals surface area contributed by atoms with Crippen LogP contribution in [-0.2, 0) is 4.43 Å². The zero-order chi connectivity index (χ0) is 28.5. The number of nitrogens with two attached hydrogens (primary N) is 1. The molecule has 1 saturated heterocycles. The second kappa shape index (κ2) is 11.5. The lowest BCUT2D eigenvalue weighted by Gasteiger charge is -2.42. The summed E-state index contributed by atoms with van der Waals surface area (Å²) in [4.78, 5) is 15.7. The standard InChI is InChI=1S/C29H52N2O4Si2/c1-19(2)37(20(3)4,21(5)6)35-27-16-25(30)24(15-26(27)33-11)28(32)31-17-22(7)14-23(31)18-34-36(12,13)29(8,9)10/h15-16,19-21,23H,7,14,17-18,30H2,1-6,8-13H3. The second-order valence-electron chi connectivity index (χ2n) is 13.1. The van der Waals surface area contributed by atoms with Gasteiger partial charge in [0.15, 0.2) is 14.1 Å². The third kappa shape index (κ3) is 6.45. The summed E-state index contributed by atoms with van der Waals surface area (Å²) >= 11 is 0. The zero-order valence-electron chi connectivity index (χ0n) is 25.5. The van der Waals surface area contributed by atoms with Crippen molar-refractivity contribution in [2.24, 2.45) is 0 Å². The first-order valence-corrected chi connectivity index (χ1v) is 18.7. The van der Waals surface area contributed by atoms with Crippen LogP contribution in [0.5, 0.6) is 11.5 Å². The van der Waals surface area contributed by atoms with E-state index in [1.165, 1.54) is 0 Å². The molecule has 0 saturated carbocycles. The van der Waals surface area contributed by atoms with Crippen molar-refractivity contribution in [3.8, 4) is 11.5 Å². The Kier molecular flexibility index (Phi) is 9.80. The van der Waals surface area contributed by atoms with Crippen LogP contribution >= 0.6 is 0 Å². The molecule has 1 heterocycles. The second-order valence-corrected chi connectivity index (χ2v) is 23.3. The molecule has 6 nitrogen and oxygen atoms in total. The average Bonchev–Trinajstić information content (AvgIpc) is 3.14. The zero-order valence-corrected chi connectivity index (χ0v) is 27.5. The van der Waals surface area contributed by atoms with Crippen LogP contribution in [0.3, 0.4) is 0 Å². The van der Waals surface area contributed by atoms with Crippen molar-refractivity contribution in [1.29, 1.82) is 0 Å². The summed E-state index contributed by atoms with van der Waals surface area (Å²) in [5.41, 5.74) is 9.60. The highest BCUT2D eigenvalue weighted by molar-refractivity contribution is 6.78. The van der Waals surface area contributed by atoms with Gasteiger partial charge in [0.05, 0.1) is 25.3 Å². The molecule has 2 N–H and O–H groups in total. The van der Waals surface area contributed by atoms with E-state index >= 15 is 0 Å². The van der Waals surface area contributed by atoms with E-state index in [0.717, 1.165) is 12.0 Å². The molecule has 0 radical (unpaired) electrons. The van der Waals surface area contributed by atoms with Crippen molar-refractivity contribution in [3.05, 3.63) is 29.8 Å². The van der Waals surface area contributed by atoms with Gasteiger partial charge < -0.3 is 24.2 Å². The highest BCUT2D eigenvalue weighted by atomic mass is 28.4. The number of rotatable bonds is 10. The number of benzene rings is 1. The number of likely N-dealkylation sites (tertiary alicyclic amines) is 1. The van der Waals surface area contributed by atoms with Crippen LogP contribution in [0.2, 0.25) is 34.8 Å². The maximum absolute atomic E-state index is 13.8. The van der Waals surface area contributed by atoms with Crippen LogP contribution in [-0.4, -0.2) is 53.7 Å². The monoisotopic (exact) mass is 548 g/mol. The van der Waals surface area contributed by atoms with E-state index in [1.54, 1.807) is 19.2 Å². The van der Waals surface area contributed by atoms with Gasteiger partial charge in [-0.3, -0.25) is 4.79 Å². The van der Waals surface area contributed by atoms with Crippen molar-refractivity contribution >= 4 is 28.2 Å². The number of nitrogen functional groups attached to an aromatic ring is 1. The Hall–Kier alpha value is -1.78. The molecule has 1 amide bonds. The van der Waals surface area contributed by atoms with Crippen molar-refractivity contribution < 1.29 is 18.4 Å². The number of carbonyl (C=O) groups excluding carboxylic acids is 1. The predicted molar refractivity (Wildman–Crippen MR) is 161 cm³/mol. The highest BCUT2D eigenvalue weighted by Crippen LogP contribution is 2.46. The lowest BCUT2D eigenvalue weighted by atomic mass is 10.1. The number of hydrogen-bond donors (Lipinski definition) is 1. The molecule has 1 aliphatic rings. The molecule has 1 aromatic carbocycles. The number of nitrogens with zero attached hydrogens (tertiary/aromatic N) is 1. The smallest absolute Gasteiger partial charge is 0.258 e. The van der Waals surface area contributed by atoms with E-state index in [-0.39, 0.29) is 17.0 Å². The Morgan fingerprint density at radius 2 is 1.62 bits per heavy atom. The van der Waals surface area contributed by atoms with Gasteiger partial charge in [-0.1, -0.05) is 74.5 Å². The van der Waals surface area contributed by atoms with Gasteiger partial charge in [-0.05, 0) is 47.2 Å². The Bertz CT molecular complexity index is 961. The molecule has 0 spiro atoms. The fraction of sp³-hybridized carbons (Fsp3) is 0.690. The molecule has 37 heavy (non-hydrogen) atoms. The van der Waals surface area contributed by atoms with E-state index < -0.39 is 16.6 Å². The maximum Gasteiger partial charge on any atom is 0.258 e. The van der Waals surface area contributed by atoms with Crippen molar-refractivity contribution in [1.82, 2.24) is 4.90 Å². The summed E-state index contributed by atoms with van der Waals surface area (Å²) < 4.78 is 19.1. The highest BCUT2D eigenvalue weighted by Gasteiger charge is 2.47. The van der Waals surface area contributed by atoms with E-state index in [0.29, 0.717) is 52.5 Å². The summed E-state index contributed by atoms with van der Waals surface area (Å²) in [5.74, 6) is 1.05. The first-order valence-electron chi connectivity index (χ1n) is 13.7. The van der Waals surface area contributed by atoms with Gasteiger partial charge in [0.25, 0.3) is 14.2 Å². The number of methoxy groups -OCH3 is 1. The molecular formula is C29H52N2O4Si2. The summed E-state index contributed by atoms with van der Waals surface area (Å²) in [6.45, 7) is 29.8. The van der Waals surface area contributed by atoms with E-state index in [4.69, 9.17) is 19.3 Å². The van der Waals surface area contributed by atoms with E-state index in [9.17, 15) is 4.79 Å². The largest absolute Gasteiger partial charge is 0.540 e. The normalized spacial score (nSPS) is 17.3. The average molecular weight is 549 g/mol. The number of hydrogen-bond acceptors (Lipinski definition) is 5. The predicted octanol–water partition coefficient (Wildman–Crippen LogP) is 7.62. The summed E-state index contributed by atoms with van der Waals surface area (Å²) in [7, 11) is -2.56. The summed E-state index contributed by atoms with van der Waals surface area (Å²) in [5, 5.41) is 0.103. The van der Waals surface area contributed by atoms with Crippen molar-refractivity contribution in [2.75, 3.05) is 26.0 Å². The number of ether oxygens (including phenoxy) is 1. The third-order valence-electron chi connectivity index (χ3n) is 8.62. The topological polar surface area (TPSA) is 74.0 Å². The molecule has 0 bridgehead atoms. The first-order chi connectivity index (χ1) is 16.9. The molecule has 1 atom stereocenters. The number of anilines is 1. The Morgan fingerprint density at radius 3 is 2.08 bits per heavy atom. The number of amides is 1. The minimum Gasteiger partial charge on any atom is -0.540 e. The lowest BCUT2D eigenvalue weighted by Crippen LogP contribution is -2.50. The maximum atomic E-state index is 13.8. The van der Waals surface area contributed by atoms with Crippen LogP contribution in [0.4, 0.5) is 5.69 Å². The molecule has 0 aliphatic carbocycles. The molecule has 1 aliphatic heterocycles. The molecule has 1 fully saturated rings. The summed E-state index contributed by atoms with van der Waals surface area (Å²) in [6, 6.07) is 3.48. The minimum absolute atomic E-state index is 0.0571. The Balaban J connectivity index is 2.40. The molecule has 0 aromatic heterocycles. The molecule has 210 valence electrons. The SMILES string of the molecule is C=C1CC(CO[Si](C)(C)C(C)(C)C)N(C(=O)c2cc(OC)c(O[Si](C(C)C)(C(C)C)C(C)C)cc2N)C1. The Labute approximate surface area is 228 Å². The van der Waals surface area contributed by atoms with Crippen LogP contribution in [0.15, 0.2) is 24.3 Å². The fourth-order valence-electron chi connectivity index (χ4n) is 5.48. The van der Waals surface area contributed by atoms with E-state index in [2.05, 4.69) is 82.0 Å². The van der Waals surface area contributed by atoms with Crippen LogP contribution < -0.4 is 14.9 Å². The first kappa shape index (κ1) is 31.4. The van der Waals surface area contributed by atoms with Gasteiger partial charge in [0.1, 0.15) is 5.75 Å². The van der Waals surface area contributed by atoms with Crippen LogP contribution in [0.25, 0.3) is 0 Å². The third-order valence-corrected chi connectivity index (χ3v) is 19.1. The van der Waals surface area contributed by atoms with Gasteiger partial charge in [0, 0.05) is 18.3 Å². The van der Waals surface area contributed by atoms with E-state index in [1.807, 2.05) is 4.90 Å². The lowest BCUT2D eigenvalue weighted by molar-refractivity contribution is 0.0686. The molecule has 1 aromatic rings. The van der Waals surface area contributed by atoms with Crippen LogP contribution in [0, 0.1) is 0 Å². The fourth-order valence-corrected chi connectivity index (χ4v) is 11.8. The van der Waals surface area contributed by atoms with Gasteiger partial charge >= 0.3 is 0 Å². The van der Waals surface area contributed by atoms with Crippen LogP contribution in [0.1, 0.15) is 79.1 Å². The van der Waals surface area contributed by atoms with Gasteiger partial charge in [-0.15, -0.1) is 0 Å². The van der Waals surface area contributed by atoms with Crippen molar-refractivity contribution in [2.45, 2.75) is 110 Å².